The minimum absolute atomic E-state index is 0.00912. The van der Waals surface area contributed by atoms with E-state index in [1.807, 2.05) is 0 Å². The maximum atomic E-state index is 12.2. The van der Waals surface area contributed by atoms with Gasteiger partial charge in [0.2, 0.25) is 0 Å². The van der Waals surface area contributed by atoms with Crippen LogP contribution in [0.2, 0.25) is 5.02 Å². The lowest BCUT2D eigenvalue weighted by molar-refractivity contribution is -0.384. The lowest BCUT2D eigenvalue weighted by Crippen LogP contribution is -2.24. The number of nitro groups is 1. The van der Waals surface area contributed by atoms with Crippen LogP contribution >= 0.6 is 22.9 Å². The Bertz CT molecular complexity index is 1000. The fourth-order valence-corrected chi connectivity index (χ4v) is 4.48. The van der Waals surface area contributed by atoms with Gasteiger partial charge in [0.1, 0.15) is 10.0 Å². The summed E-state index contributed by atoms with van der Waals surface area (Å²) < 4.78 is 4.86. The third-order valence-electron chi connectivity index (χ3n) is 4.33. The summed E-state index contributed by atoms with van der Waals surface area (Å²) in [6, 6.07) is 3.50. The Balaban J connectivity index is 1.71. The minimum Gasteiger partial charge on any atom is -0.465 e. The number of halogens is 1. The molecule has 0 bridgehead atoms. The van der Waals surface area contributed by atoms with E-state index in [0.717, 1.165) is 36.1 Å². The molecule has 0 atom stereocenters. The maximum Gasteiger partial charge on any atom is 0.341 e. The van der Waals surface area contributed by atoms with E-state index < -0.39 is 16.9 Å². The summed E-state index contributed by atoms with van der Waals surface area (Å²) >= 11 is 7.12. The summed E-state index contributed by atoms with van der Waals surface area (Å²) in [7, 11) is 1.30. The zero-order valence-corrected chi connectivity index (χ0v) is 16.9. The summed E-state index contributed by atoms with van der Waals surface area (Å²) in [4.78, 5) is 35.8. The van der Waals surface area contributed by atoms with Gasteiger partial charge in [-0.05, 0) is 37.3 Å². The first-order valence-corrected chi connectivity index (χ1v) is 9.87. The number of carbonyl (C=O) groups is 2. The standard InChI is InChI=1S/C18H17ClN4O5S/c1-28-17(24)15-11-4-2-3-5-14(11)29-16(15)21-18(25)22-20-9-10-6-7-12(19)13(8-10)23(26)27/h6-9H,2-5H2,1H3,(H2,21,22,25). The largest absolute Gasteiger partial charge is 0.465 e. The molecule has 9 nitrogen and oxygen atoms in total. The molecule has 1 aliphatic carbocycles. The van der Waals surface area contributed by atoms with Crippen LogP contribution in [0.3, 0.4) is 0 Å². The fraction of sp³-hybridized carbons (Fsp3) is 0.278. The number of methoxy groups -OCH3 is 1. The molecule has 0 unspecified atom stereocenters. The summed E-state index contributed by atoms with van der Waals surface area (Å²) in [5.41, 5.74) is 3.73. The van der Waals surface area contributed by atoms with Crippen molar-refractivity contribution in [2.75, 3.05) is 12.4 Å². The van der Waals surface area contributed by atoms with E-state index in [9.17, 15) is 19.7 Å². The van der Waals surface area contributed by atoms with Gasteiger partial charge in [0, 0.05) is 16.5 Å². The first-order valence-electron chi connectivity index (χ1n) is 8.67. The Hall–Kier alpha value is -2.98. The van der Waals surface area contributed by atoms with Crippen molar-refractivity contribution in [2.24, 2.45) is 5.10 Å². The molecule has 29 heavy (non-hydrogen) atoms. The van der Waals surface area contributed by atoms with Crippen LogP contribution in [-0.2, 0) is 17.6 Å². The number of anilines is 1. The highest BCUT2D eigenvalue weighted by molar-refractivity contribution is 7.17. The molecule has 2 aromatic rings. The molecule has 11 heteroatoms. The molecule has 3 rings (SSSR count). The Kier molecular flexibility index (Phi) is 6.45. The van der Waals surface area contributed by atoms with Crippen LogP contribution in [-0.4, -0.2) is 30.2 Å². The van der Waals surface area contributed by atoms with Crippen molar-refractivity contribution in [1.82, 2.24) is 5.43 Å². The van der Waals surface area contributed by atoms with Crippen LogP contribution in [0.5, 0.6) is 0 Å². The number of benzene rings is 1. The zero-order valence-electron chi connectivity index (χ0n) is 15.4. The third kappa shape index (κ3) is 4.72. The monoisotopic (exact) mass is 436 g/mol. The number of rotatable bonds is 5. The molecular formula is C18H17ClN4O5S. The average molecular weight is 437 g/mol. The van der Waals surface area contributed by atoms with Gasteiger partial charge in [0.05, 0.1) is 23.8 Å². The predicted molar refractivity (Wildman–Crippen MR) is 110 cm³/mol. The quantitative estimate of drug-likeness (QED) is 0.315. The molecule has 152 valence electrons. The smallest absolute Gasteiger partial charge is 0.341 e. The van der Waals surface area contributed by atoms with Crippen molar-refractivity contribution < 1.29 is 19.2 Å². The van der Waals surface area contributed by atoms with Gasteiger partial charge in [-0.15, -0.1) is 11.3 Å². The van der Waals surface area contributed by atoms with Crippen LogP contribution in [0.1, 0.15) is 39.2 Å². The highest BCUT2D eigenvalue weighted by Gasteiger charge is 2.26. The molecule has 1 aliphatic rings. The van der Waals surface area contributed by atoms with E-state index in [1.54, 1.807) is 0 Å². The Morgan fingerprint density at radius 1 is 1.34 bits per heavy atom. The molecule has 0 aliphatic heterocycles. The number of esters is 1. The number of hydrogen-bond donors (Lipinski definition) is 2. The van der Waals surface area contributed by atoms with Crippen LogP contribution in [0.25, 0.3) is 0 Å². The van der Waals surface area contributed by atoms with Crippen molar-refractivity contribution in [3.63, 3.8) is 0 Å². The van der Waals surface area contributed by atoms with Crippen molar-refractivity contribution >= 4 is 51.8 Å². The van der Waals surface area contributed by atoms with Gasteiger partial charge in [-0.3, -0.25) is 15.4 Å². The molecule has 2 N–H and O–H groups in total. The number of urea groups is 1. The van der Waals surface area contributed by atoms with E-state index in [0.29, 0.717) is 16.1 Å². The van der Waals surface area contributed by atoms with E-state index >= 15 is 0 Å². The topological polar surface area (TPSA) is 123 Å². The number of amides is 2. The lowest BCUT2D eigenvalue weighted by atomic mass is 9.95. The Morgan fingerprint density at radius 2 is 2.10 bits per heavy atom. The van der Waals surface area contributed by atoms with Gasteiger partial charge < -0.3 is 4.74 Å². The first-order chi connectivity index (χ1) is 13.9. The first kappa shape index (κ1) is 20.7. The van der Waals surface area contributed by atoms with Gasteiger partial charge in [-0.1, -0.05) is 17.7 Å². The highest BCUT2D eigenvalue weighted by atomic mass is 35.5. The maximum absolute atomic E-state index is 12.2. The lowest BCUT2D eigenvalue weighted by Gasteiger charge is -2.11. The van der Waals surface area contributed by atoms with Gasteiger partial charge in [0.15, 0.2) is 0 Å². The molecular weight excluding hydrogens is 420 g/mol. The number of thiophene rings is 1. The van der Waals surface area contributed by atoms with Crippen molar-refractivity contribution in [2.45, 2.75) is 25.7 Å². The number of carbonyl (C=O) groups excluding carboxylic acids is 2. The second-order valence-corrected chi connectivity index (χ2v) is 7.71. The molecule has 0 saturated carbocycles. The summed E-state index contributed by atoms with van der Waals surface area (Å²) in [6.07, 6.45) is 4.91. The second-order valence-electron chi connectivity index (χ2n) is 6.20. The summed E-state index contributed by atoms with van der Waals surface area (Å²) in [6.45, 7) is 0. The van der Waals surface area contributed by atoms with Crippen molar-refractivity contribution in [3.8, 4) is 0 Å². The molecule has 0 saturated heterocycles. The van der Waals surface area contributed by atoms with Crippen LogP contribution < -0.4 is 10.7 Å². The Labute approximate surface area is 174 Å². The van der Waals surface area contributed by atoms with Gasteiger partial charge in [-0.2, -0.15) is 5.10 Å². The van der Waals surface area contributed by atoms with E-state index in [1.165, 1.54) is 42.9 Å². The molecule has 0 fully saturated rings. The third-order valence-corrected chi connectivity index (χ3v) is 5.86. The molecule has 0 spiro atoms. The minimum atomic E-state index is -0.645. The van der Waals surface area contributed by atoms with Crippen molar-refractivity contribution in [3.05, 3.63) is 54.9 Å². The average Bonchev–Trinajstić information content (AvgIpc) is 3.06. The van der Waals surface area contributed by atoms with Crippen LogP contribution in [0.4, 0.5) is 15.5 Å². The Morgan fingerprint density at radius 3 is 2.83 bits per heavy atom. The predicted octanol–water partition coefficient (Wildman–Crippen LogP) is 4.13. The van der Waals surface area contributed by atoms with Gasteiger partial charge in [-0.25, -0.2) is 15.0 Å². The fourth-order valence-electron chi connectivity index (χ4n) is 3.02. The van der Waals surface area contributed by atoms with Gasteiger partial charge >= 0.3 is 12.0 Å². The number of hydrogen-bond acceptors (Lipinski definition) is 7. The highest BCUT2D eigenvalue weighted by Crippen LogP contribution is 2.38. The van der Waals surface area contributed by atoms with E-state index in [-0.39, 0.29) is 10.7 Å². The van der Waals surface area contributed by atoms with Crippen LogP contribution in [0.15, 0.2) is 23.3 Å². The summed E-state index contributed by atoms with van der Waals surface area (Å²) in [5, 5.41) is 17.8. The molecule has 0 radical (unpaired) electrons. The van der Waals surface area contributed by atoms with Gasteiger partial charge in [0.25, 0.3) is 5.69 Å². The number of ether oxygens (including phenoxy) is 1. The molecule has 1 heterocycles. The number of aryl methyl sites for hydroxylation is 1. The molecule has 2 amide bonds. The SMILES string of the molecule is COC(=O)c1c(NC(=O)NN=Cc2ccc(Cl)c([N+](=O)[O-])c2)sc2c1CCCC2. The number of nitro benzene ring substituents is 1. The number of nitrogens with one attached hydrogen (secondary N) is 2. The van der Waals surface area contributed by atoms with Crippen molar-refractivity contribution in [1.29, 1.82) is 0 Å². The number of fused-ring (bicyclic) bond motifs is 1. The zero-order chi connectivity index (χ0) is 21.0. The van der Waals surface area contributed by atoms with E-state index in [2.05, 4.69) is 15.8 Å². The molecule has 1 aromatic carbocycles. The normalized spacial score (nSPS) is 13.0. The number of hydrazone groups is 1. The summed E-state index contributed by atoms with van der Waals surface area (Å²) in [5.74, 6) is -0.489. The molecule has 1 aromatic heterocycles. The van der Waals surface area contributed by atoms with E-state index in [4.69, 9.17) is 16.3 Å². The van der Waals surface area contributed by atoms with Crippen LogP contribution in [0, 0.1) is 10.1 Å². The second kappa shape index (κ2) is 9.01. The number of nitrogens with zero attached hydrogens (tertiary/aromatic N) is 2.